The van der Waals surface area contributed by atoms with Gasteiger partial charge in [-0.1, -0.05) is 163 Å². The molecule has 2 aliphatic rings. The standard InChI is InChI=1S/C72H63BN2/c1-40-18-15-19-41(2)64(40)47-27-29-62-56(32-47)59-34-50(65-42(3)20-16-21-43(65)4)35-60-57-33-49(48-30-52(71(7,8)9)39-53(31-48)72(10,11)12)38-63-67(57)73(75(62)69(59)60)61-37-51(66-44(5)22-17-23-45(66)6)36-58-55-28-26-46-24-13-14-25-54(46)68(55)74(63)70(58)61/h13-39H,1-12H3. The fourth-order valence-corrected chi connectivity index (χ4v) is 13.9. The van der Waals surface area contributed by atoms with E-state index >= 15 is 0 Å². The van der Waals surface area contributed by atoms with Crippen LogP contribution in [0.5, 0.6) is 0 Å². The zero-order valence-corrected chi connectivity index (χ0v) is 45.6. The Hall–Kier alpha value is -7.88. The maximum atomic E-state index is 2.77. The van der Waals surface area contributed by atoms with Crippen LogP contribution in [0.2, 0.25) is 0 Å². The van der Waals surface area contributed by atoms with Crippen LogP contribution in [-0.2, 0) is 10.8 Å². The number of fused-ring (bicyclic) bond motifs is 12. The second kappa shape index (κ2) is 15.8. The highest BCUT2D eigenvalue weighted by atomic mass is 15.0. The zero-order valence-electron chi connectivity index (χ0n) is 45.6. The number of hydrogen-bond donors (Lipinski definition) is 0. The SMILES string of the molecule is Cc1cccc(C)c1-c1ccc2c(c1)c1cc(-c3c(C)cccc3C)cc3c1n2B1c2c-3cc(-c3cc(C(C)(C)C)cc(C(C)(C)C)c3)cc2-n2c3c1cc(-c1c(C)cccc1C)cc3c1ccc3ccccc3c12. The van der Waals surface area contributed by atoms with E-state index in [-0.39, 0.29) is 17.7 Å². The third-order valence-corrected chi connectivity index (χ3v) is 17.5. The summed E-state index contributed by atoms with van der Waals surface area (Å²) in [6.07, 6.45) is 0. The molecule has 0 N–H and O–H groups in total. The number of hydrogen-bond acceptors (Lipinski definition) is 0. The Bertz CT molecular complexity index is 4410. The summed E-state index contributed by atoms with van der Waals surface area (Å²) in [5.41, 5.74) is 32.4. The Morgan fingerprint density at radius 2 is 0.880 bits per heavy atom. The smallest absolute Gasteiger partial charge is 0.333 e. The number of aromatic nitrogens is 2. The van der Waals surface area contributed by atoms with Crippen molar-refractivity contribution in [2.24, 2.45) is 0 Å². The van der Waals surface area contributed by atoms with Gasteiger partial charge in [-0.05, 0) is 206 Å². The van der Waals surface area contributed by atoms with Gasteiger partial charge in [0.2, 0.25) is 0 Å². The molecular formula is C72H63BN2. The topological polar surface area (TPSA) is 9.86 Å². The van der Waals surface area contributed by atoms with E-state index < -0.39 is 0 Å². The highest BCUT2D eigenvalue weighted by Crippen LogP contribution is 2.49. The molecule has 2 aliphatic heterocycles. The number of benzene rings is 10. The summed E-state index contributed by atoms with van der Waals surface area (Å²) in [4.78, 5) is 0. The van der Waals surface area contributed by atoms with Crippen molar-refractivity contribution in [3.8, 4) is 61.3 Å². The fourth-order valence-electron chi connectivity index (χ4n) is 13.9. The first-order chi connectivity index (χ1) is 35.9. The van der Waals surface area contributed by atoms with Crippen LogP contribution in [0.15, 0.2) is 164 Å². The van der Waals surface area contributed by atoms with Gasteiger partial charge in [0.1, 0.15) is 0 Å². The number of aryl methyl sites for hydroxylation is 6. The average molecular weight is 967 g/mol. The third-order valence-electron chi connectivity index (χ3n) is 17.5. The minimum atomic E-state index is -0.116. The summed E-state index contributed by atoms with van der Waals surface area (Å²) in [5, 5.41) is 7.71. The Morgan fingerprint density at radius 3 is 1.48 bits per heavy atom. The lowest BCUT2D eigenvalue weighted by Crippen LogP contribution is -2.55. The fraction of sp³-hybridized carbons (Fsp3) is 0.194. The lowest BCUT2D eigenvalue weighted by molar-refractivity contribution is 0.569. The monoisotopic (exact) mass is 967 g/mol. The van der Waals surface area contributed by atoms with Crippen LogP contribution in [0, 0.1) is 41.5 Å². The van der Waals surface area contributed by atoms with Gasteiger partial charge < -0.3 is 9.05 Å². The van der Waals surface area contributed by atoms with E-state index in [9.17, 15) is 0 Å². The van der Waals surface area contributed by atoms with Crippen molar-refractivity contribution in [2.75, 3.05) is 0 Å². The first kappa shape index (κ1) is 45.7. The molecule has 0 radical (unpaired) electrons. The summed E-state index contributed by atoms with van der Waals surface area (Å²) < 4.78 is 5.48. The molecule has 364 valence electrons. The molecule has 0 amide bonds. The molecule has 12 aromatic rings. The summed E-state index contributed by atoms with van der Waals surface area (Å²) in [7, 11) is 0. The molecule has 2 nitrogen and oxygen atoms in total. The van der Waals surface area contributed by atoms with Crippen molar-refractivity contribution >= 4 is 72.2 Å². The highest BCUT2D eigenvalue weighted by molar-refractivity contribution is 6.90. The Balaban J connectivity index is 1.22. The van der Waals surface area contributed by atoms with Crippen LogP contribution in [0.4, 0.5) is 0 Å². The maximum absolute atomic E-state index is 2.77. The Morgan fingerprint density at radius 1 is 0.360 bits per heavy atom. The minimum Gasteiger partial charge on any atom is -0.375 e. The summed E-state index contributed by atoms with van der Waals surface area (Å²) >= 11 is 0. The largest absolute Gasteiger partial charge is 0.375 e. The summed E-state index contributed by atoms with van der Waals surface area (Å²) in [5.74, 6) is 0. The molecule has 0 saturated heterocycles. The predicted octanol–water partition coefficient (Wildman–Crippen LogP) is 18.1. The van der Waals surface area contributed by atoms with E-state index in [4.69, 9.17) is 0 Å². The molecule has 0 unspecified atom stereocenters. The number of nitrogens with zero attached hydrogens (tertiary/aromatic N) is 2. The maximum Gasteiger partial charge on any atom is 0.333 e. The van der Waals surface area contributed by atoms with Crippen LogP contribution in [-0.4, -0.2) is 15.9 Å². The van der Waals surface area contributed by atoms with Crippen LogP contribution >= 0.6 is 0 Å². The molecule has 0 bridgehead atoms. The number of rotatable bonds is 4. The molecule has 75 heavy (non-hydrogen) atoms. The van der Waals surface area contributed by atoms with Crippen molar-refractivity contribution in [3.05, 3.63) is 208 Å². The first-order valence-corrected chi connectivity index (χ1v) is 27.1. The van der Waals surface area contributed by atoms with Gasteiger partial charge in [0.05, 0.1) is 11.0 Å². The molecule has 2 aromatic heterocycles. The molecule has 0 saturated carbocycles. The van der Waals surface area contributed by atoms with Gasteiger partial charge in [0, 0.05) is 49.2 Å². The van der Waals surface area contributed by atoms with Crippen molar-refractivity contribution in [1.29, 1.82) is 0 Å². The van der Waals surface area contributed by atoms with Gasteiger partial charge in [0.15, 0.2) is 0 Å². The molecule has 0 aliphatic carbocycles. The van der Waals surface area contributed by atoms with Gasteiger partial charge in [-0.25, -0.2) is 0 Å². The van der Waals surface area contributed by atoms with E-state index in [0.717, 1.165) is 0 Å². The van der Waals surface area contributed by atoms with E-state index in [1.807, 2.05) is 0 Å². The van der Waals surface area contributed by atoms with Gasteiger partial charge in [-0.15, -0.1) is 0 Å². The summed E-state index contributed by atoms with van der Waals surface area (Å²) in [6, 6.07) is 64.2. The lowest BCUT2D eigenvalue weighted by Gasteiger charge is -2.35. The Labute approximate surface area is 442 Å². The van der Waals surface area contributed by atoms with Crippen LogP contribution < -0.4 is 10.9 Å². The third kappa shape index (κ3) is 6.59. The quantitative estimate of drug-likeness (QED) is 0.156. The molecular weight excluding hydrogens is 904 g/mol. The Kier molecular flexibility index (Phi) is 9.65. The van der Waals surface area contributed by atoms with Gasteiger partial charge in [-0.2, -0.15) is 0 Å². The van der Waals surface area contributed by atoms with Gasteiger partial charge in [0.25, 0.3) is 0 Å². The van der Waals surface area contributed by atoms with E-state index in [2.05, 4.69) is 256 Å². The van der Waals surface area contributed by atoms with Crippen LogP contribution in [0.25, 0.3) is 116 Å². The van der Waals surface area contributed by atoms with E-state index in [0.29, 0.717) is 0 Å². The minimum absolute atomic E-state index is 0.0417. The summed E-state index contributed by atoms with van der Waals surface area (Å²) in [6.45, 7) is 27.7. The van der Waals surface area contributed by atoms with Crippen molar-refractivity contribution in [2.45, 2.75) is 93.9 Å². The predicted molar refractivity (Wildman–Crippen MR) is 325 cm³/mol. The van der Waals surface area contributed by atoms with E-state index in [1.54, 1.807) is 0 Å². The second-order valence-electron chi connectivity index (χ2n) is 24.5. The molecule has 3 heteroatoms. The van der Waals surface area contributed by atoms with Crippen molar-refractivity contribution in [1.82, 2.24) is 9.05 Å². The highest BCUT2D eigenvalue weighted by Gasteiger charge is 2.43. The molecule has 10 aromatic carbocycles. The van der Waals surface area contributed by atoms with E-state index in [1.165, 1.54) is 171 Å². The van der Waals surface area contributed by atoms with Crippen LogP contribution in [0.1, 0.15) is 86.1 Å². The van der Waals surface area contributed by atoms with Crippen molar-refractivity contribution in [3.63, 3.8) is 0 Å². The molecule has 0 atom stereocenters. The van der Waals surface area contributed by atoms with Gasteiger partial charge in [-0.3, -0.25) is 0 Å². The lowest BCUT2D eigenvalue weighted by atomic mass is 9.45. The molecule has 0 spiro atoms. The molecule has 0 fully saturated rings. The molecule has 14 rings (SSSR count). The van der Waals surface area contributed by atoms with Gasteiger partial charge >= 0.3 is 6.85 Å². The van der Waals surface area contributed by atoms with Crippen molar-refractivity contribution < 1.29 is 0 Å². The normalized spacial score (nSPS) is 13.0. The molecule has 4 heterocycles. The van der Waals surface area contributed by atoms with Crippen LogP contribution in [0.3, 0.4) is 0 Å². The average Bonchev–Trinajstić information content (AvgIpc) is 3.91. The second-order valence-corrected chi connectivity index (χ2v) is 24.5. The zero-order chi connectivity index (χ0) is 51.7. The first-order valence-electron chi connectivity index (χ1n) is 27.1.